The molecule has 2 nitrogen and oxygen atoms in total. The van der Waals surface area contributed by atoms with Crippen LogP contribution in [0.15, 0.2) is 4.79 Å². The van der Waals surface area contributed by atoms with E-state index in [4.69, 9.17) is 12.2 Å². The fourth-order valence-corrected chi connectivity index (χ4v) is 2.10. The van der Waals surface area contributed by atoms with Crippen molar-refractivity contribution in [2.75, 3.05) is 18.5 Å². The summed E-state index contributed by atoms with van der Waals surface area (Å²) in [6.45, 7) is 9.57. The van der Waals surface area contributed by atoms with Gasteiger partial charge in [-0.3, -0.25) is 4.79 Å². The summed E-state index contributed by atoms with van der Waals surface area (Å²) in [7, 11) is 1.97. The van der Waals surface area contributed by atoms with Crippen molar-refractivity contribution in [3.8, 4) is 0 Å². The van der Waals surface area contributed by atoms with E-state index in [0.717, 1.165) is 24.2 Å². The molecule has 3 heteroatoms. The van der Waals surface area contributed by atoms with Gasteiger partial charge in [-0.15, -0.1) is 0 Å². The maximum Gasteiger partial charge on any atom is 0.220 e. The first-order valence-corrected chi connectivity index (χ1v) is 6.16. The lowest BCUT2D eigenvalue weighted by Gasteiger charge is -2.25. The lowest BCUT2D eigenvalue weighted by atomic mass is 9.90. The second-order valence-corrected chi connectivity index (χ2v) is 6.13. The fourth-order valence-electron chi connectivity index (χ4n) is 1.91. The van der Waals surface area contributed by atoms with Crippen molar-refractivity contribution in [1.82, 2.24) is 0 Å². The van der Waals surface area contributed by atoms with E-state index in [1.165, 1.54) is 6.42 Å². The third kappa shape index (κ3) is 2.91. The first-order valence-electron chi connectivity index (χ1n) is 5.75. The molecule has 0 saturated carbocycles. The van der Waals surface area contributed by atoms with Crippen LogP contribution in [-0.2, 0) is 0 Å². The molecule has 0 radical (unpaired) electrons. The molecule has 1 rings (SSSR count). The van der Waals surface area contributed by atoms with Crippen molar-refractivity contribution >= 4 is 17.9 Å². The second-order valence-electron chi connectivity index (χ2n) is 5.72. The summed E-state index contributed by atoms with van der Waals surface area (Å²) in [5.41, 5.74) is 2.21. The smallest absolute Gasteiger partial charge is 0.220 e. The molecular formula is C13H21NOS. The van der Waals surface area contributed by atoms with E-state index in [-0.39, 0.29) is 5.43 Å². The number of hydrogen-bond donors (Lipinski definition) is 0. The highest BCUT2D eigenvalue weighted by molar-refractivity contribution is 7.71. The molecule has 0 atom stereocenters. The summed E-state index contributed by atoms with van der Waals surface area (Å²) >= 11 is 4.96. The highest BCUT2D eigenvalue weighted by Gasteiger charge is 2.18. The highest BCUT2D eigenvalue weighted by Crippen LogP contribution is 2.23. The van der Waals surface area contributed by atoms with Crippen molar-refractivity contribution in [3.05, 3.63) is 20.3 Å². The third-order valence-corrected chi connectivity index (χ3v) is 3.41. The van der Waals surface area contributed by atoms with Gasteiger partial charge in [0.05, 0.1) is 10.2 Å². The Bertz CT molecular complexity index is 435. The van der Waals surface area contributed by atoms with Crippen molar-refractivity contribution in [2.24, 2.45) is 5.41 Å². The average Bonchev–Trinajstić information content (AvgIpc) is 2.15. The Morgan fingerprint density at radius 2 is 1.88 bits per heavy atom. The molecule has 90 valence electrons. The molecule has 0 spiro atoms. The summed E-state index contributed by atoms with van der Waals surface area (Å²) in [6, 6.07) is 0. The van der Waals surface area contributed by atoms with Crippen LogP contribution in [0.25, 0.3) is 0 Å². The first kappa shape index (κ1) is 13.4. The molecule has 1 aromatic carbocycles. The van der Waals surface area contributed by atoms with E-state index in [1.807, 2.05) is 18.9 Å². The Hall–Kier alpha value is -0.700. The molecule has 0 aliphatic rings. The van der Waals surface area contributed by atoms with E-state index in [9.17, 15) is 4.79 Å². The summed E-state index contributed by atoms with van der Waals surface area (Å²) in [6.07, 6.45) is 2.28. The molecule has 0 aliphatic heterocycles. The number of nitrogens with zero attached hydrogens (tertiary/aromatic N) is 1. The molecule has 0 heterocycles. The standard InChI is InChI=1S/C13H21NOS/c1-9-10(11(15)12(9)16)14(5)8-6-7-13(2,3)4/h6-8H2,1-5H3. The van der Waals surface area contributed by atoms with Gasteiger partial charge in [-0.1, -0.05) is 33.0 Å². The fraction of sp³-hybridized carbons (Fsp3) is 0.692. The zero-order chi connectivity index (χ0) is 12.5. The Labute approximate surface area is 103 Å². The van der Waals surface area contributed by atoms with Gasteiger partial charge in [0.2, 0.25) is 5.43 Å². The van der Waals surface area contributed by atoms with Gasteiger partial charge >= 0.3 is 0 Å². The quantitative estimate of drug-likeness (QED) is 0.752. The van der Waals surface area contributed by atoms with Gasteiger partial charge in [-0.2, -0.15) is 0 Å². The topological polar surface area (TPSA) is 20.3 Å². The monoisotopic (exact) mass is 239 g/mol. The Morgan fingerprint density at radius 3 is 2.31 bits per heavy atom. The highest BCUT2D eigenvalue weighted by atomic mass is 32.1. The van der Waals surface area contributed by atoms with E-state index in [2.05, 4.69) is 20.8 Å². The summed E-state index contributed by atoms with van der Waals surface area (Å²) in [5, 5.41) is 0. The Morgan fingerprint density at radius 1 is 1.31 bits per heavy atom. The average molecular weight is 239 g/mol. The van der Waals surface area contributed by atoms with Gasteiger partial charge < -0.3 is 4.90 Å². The van der Waals surface area contributed by atoms with Crippen LogP contribution < -0.4 is 10.3 Å². The predicted molar refractivity (Wildman–Crippen MR) is 72.6 cm³/mol. The number of hydrogen-bond acceptors (Lipinski definition) is 3. The Kier molecular flexibility index (Phi) is 3.89. The third-order valence-electron chi connectivity index (χ3n) is 2.92. The minimum atomic E-state index is 0.0470. The van der Waals surface area contributed by atoms with Gasteiger partial charge in [-0.05, 0) is 30.7 Å². The molecule has 1 aromatic rings. The molecule has 0 saturated heterocycles. The molecule has 0 aliphatic carbocycles. The zero-order valence-corrected chi connectivity index (χ0v) is 11.7. The largest absolute Gasteiger partial charge is 0.371 e. The van der Waals surface area contributed by atoms with Gasteiger partial charge in [0.1, 0.15) is 0 Å². The van der Waals surface area contributed by atoms with E-state index < -0.39 is 0 Å². The van der Waals surface area contributed by atoms with Crippen LogP contribution in [0.3, 0.4) is 0 Å². The van der Waals surface area contributed by atoms with Crippen LogP contribution in [0, 0.1) is 16.8 Å². The second kappa shape index (κ2) is 4.66. The van der Waals surface area contributed by atoms with Crippen molar-refractivity contribution < 1.29 is 0 Å². The van der Waals surface area contributed by atoms with Crippen LogP contribution in [0.2, 0.25) is 0 Å². The van der Waals surface area contributed by atoms with Gasteiger partial charge in [-0.25, -0.2) is 0 Å². The van der Waals surface area contributed by atoms with Crippen molar-refractivity contribution in [3.63, 3.8) is 0 Å². The van der Waals surface area contributed by atoms with Gasteiger partial charge in [0.25, 0.3) is 0 Å². The molecule has 0 aromatic heterocycles. The number of anilines is 1. The number of rotatable bonds is 4. The van der Waals surface area contributed by atoms with Crippen molar-refractivity contribution in [2.45, 2.75) is 40.5 Å². The summed E-state index contributed by atoms with van der Waals surface area (Å²) < 4.78 is 0.512. The lowest BCUT2D eigenvalue weighted by molar-refractivity contribution is 0.367. The van der Waals surface area contributed by atoms with Crippen LogP contribution >= 0.6 is 12.2 Å². The van der Waals surface area contributed by atoms with E-state index >= 15 is 0 Å². The van der Waals surface area contributed by atoms with Crippen LogP contribution in [-0.4, -0.2) is 13.6 Å². The molecule has 0 amide bonds. The Balaban J connectivity index is 2.52. The molecule has 16 heavy (non-hydrogen) atoms. The molecule has 0 bridgehead atoms. The molecule has 0 N–H and O–H groups in total. The van der Waals surface area contributed by atoms with E-state index in [0.29, 0.717) is 9.93 Å². The van der Waals surface area contributed by atoms with Crippen molar-refractivity contribution in [1.29, 1.82) is 0 Å². The van der Waals surface area contributed by atoms with Gasteiger partial charge in [0.15, 0.2) is 0 Å². The SMILES string of the molecule is Cc1c(N(C)CCCC(C)(C)C)c(=O)c1=S. The molecular weight excluding hydrogens is 218 g/mol. The predicted octanol–water partition coefficient (Wildman–Crippen LogP) is 3.22. The maximum atomic E-state index is 11.5. The van der Waals surface area contributed by atoms with Crippen LogP contribution in [0.1, 0.15) is 39.2 Å². The molecule has 0 fully saturated rings. The summed E-state index contributed by atoms with van der Waals surface area (Å²) in [4.78, 5) is 13.6. The lowest BCUT2D eigenvalue weighted by Crippen LogP contribution is -2.30. The van der Waals surface area contributed by atoms with Crippen LogP contribution in [0.5, 0.6) is 0 Å². The minimum Gasteiger partial charge on any atom is -0.371 e. The zero-order valence-electron chi connectivity index (χ0n) is 10.9. The van der Waals surface area contributed by atoms with E-state index in [1.54, 1.807) is 0 Å². The first-order chi connectivity index (χ1) is 7.24. The maximum absolute atomic E-state index is 11.5. The van der Waals surface area contributed by atoms with Gasteiger partial charge in [0, 0.05) is 13.6 Å². The van der Waals surface area contributed by atoms with Crippen LogP contribution in [0.4, 0.5) is 5.69 Å². The minimum absolute atomic E-state index is 0.0470. The summed E-state index contributed by atoms with van der Waals surface area (Å²) in [5.74, 6) is 0. The molecule has 0 unspecified atom stereocenters. The normalized spacial score (nSPS) is 12.1.